The van der Waals surface area contributed by atoms with Crippen molar-refractivity contribution in [2.45, 2.75) is 11.3 Å². The second-order valence-corrected chi connectivity index (χ2v) is 4.90. The van der Waals surface area contributed by atoms with Crippen LogP contribution in [0.1, 0.15) is 12.0 Å². The van der Waals surface area contributed by atoms with E-state index in [1.165, 1.54) is 12.1 Å². The zero-order chi connectivity index (χ0) is 11.7. The molecule has 0 aliphatic rings. The summed E-state index contributed by atoms with van der Waals surface area (Å²) in [6, 6.07) is 9.68. The monoisotopic (exact) mass is 240 g/mol. The molecular weight excluding hydrogens is 230 g/mol. The zero-order valence-corrected chi connectivity index (χ0v) is 9.43. The number of hydrogen-bond donors (Lipinski definition) is 0. The van der Waals surface area contributed by atoms with Crippen LogP contribution >= 0.6 is 0 Å². The van der Waals surface area contributed by atoms with Crippen LogP contribution in [0.3, 0.4) is 0 Å². The summed E-state index contributed by atoms with van der Waals surface area (Å²) in [5.74, 6) is 0. The molecule has 0 saturated heterocycles. The Balaban J connectivity index is 2.57. The van der Waals surface area contributed by atoms with E-state index >= 15 is 0 Å². The van der Waals surface area contributed by atoms with Gasteiger partial charge in [0.2, 0.25) is 0 Å². The van der Waals surface area contributed by atoms with Gasteiger partial charge in [0.05, 0.1) is 0 Å². The SMILES string of the molecule is CS(=O)c1ccc2cc(C(F)F)ccc2c1. The Kier molecular flexibility index (Phi) is 3.01. The summed E-state index contributed by atoms with van der Waals surface area (Å²) in [5, 5.41) is 1.57. The third kappa shape index (κ3) is 2.11. The molecule has 0 saturated carbocycles. The molecule has 84 valence electrons. The van der Waals surface area contributed by atoms with Crippen LogP contribution in [0.2, 0.25) is 0 Å². The van der Waals surface area contributed by atoms with Crippen molar-refractivity contribution in [3.05, 3.63) is 42.0 Å². The molecule has 0 bridgehead atoms. The Hall–Kier alpha value is -1.29. The molecule has 0 radical (unpaired) electrons. The molecule has 0 N–H and O–H groups in total. The lowest BCUT2D eigenvalue weighted by molar-refractivity contribution is 0.151. The lowest BCUT2D eigenvalue weighted by atomic mass is 10.1. The molecule has 1 unspecified atom stereocenters. The molecule has 0 heterocycles. The van der Waals surface area contributed by atoms with Gasteiger partial charge in [-0.2, -0.15) is 0 Å². The zero-order valence-electron chi connectivity index (χ0n) is 8.61. The molecule has 0 aromatic heterocycles. The van der Waals surface area contributed by atoms with Crippen LogP contribution in [-0.4, -0.2) is 10.5 Å². The van der Waals surface area contributed by atoms with E-state index < -0.39 is 17.2 Å². The Morgan fingerprint density at radius 2 is 1.69 bits per heavy atom. The third-order valence-corrected chi connectivity index (χ3v) is 3.34. The second kappa shape index (κ2) is 4.29. The molecule has 1 nitrogen and oxygen atoms in total. The molecule has 0 spiro atoms. The van der Waals surface area contributed by atoms with Crippen molar-refractivity contribution in [1.29, 1.82) is 0 Å². The molecule has 0 aliphatic heterocycles. The maximum absolute atomic E-state index is 12.5. The minimum absolute atomic E-state index is 0.0119. The van der Waals surface area contributed by atoms with Crippen LogP contribution in [0.15, 0.2) is 41.3 Å². The van der Waals surface area contributed by atoms with Crippen molar-refractivity contribution in [1.82, 2.24) is 0 Å². The van der Waals surface area contributed by atoms with Crippen LogP contribution < -0.4 is 0 Å². The molecule has 0 fully saturated rings. The van der Waals surface area contributed by atoms with Crippen LogP contribution in [0.5, 0.6) is 0 Å². The van der Waals surface area contributed by atoms with Crippen molar-refractivity contribution >= 4 is 21.6 Å². The van der Waals surface area contributed by atoms with Crippen LogP contribution in [-0.2, 0) is 10.8 Å². The molecule has 16 heavy (non-hydrogen) atoms. The van der Waals surface area contributed by atoms with Gasteiger partial charge >= 0.3 is 0 Å². The smallest absolute Gasteiger partial charge is 0.255 e. The number of benzene rings is 2. The first-order valence-corrected chi connectivity index (χ1v) is 6.29. The molecule has 2 rings (SSSR count). The van der Waals surface area contributed by atoms with E-state index in [-0.39, 0.29) is 5.56 Å². The Morgan fingerprint density at radius 3 is 2.31 bits per heavy atom. The maximum Gasteiger partial charge on any atom is 0.263 e. The minimum Gasteiger partial charge on any atom is -0.255 e. The minimum atomic E-state index is -2.45. The Bertz CT molecular complexity index is 552. The number of halogens is 2. The van der Waals surface area contributed by atoms with Gasteiger partial charge in [-0.3, -0.25) is 4.21 Å². The molecule has 1 atom stereocenters. The normalized spacial score (nSPS) is 13.2. The highest BCUT2D eigenvalue weighted by Crippen LogP contribution is 2.24. The maximum atomic E-state index is 12.5. The summed E-state index contributed by atoms with van der Waals surface area (Å²) in [5.41, 5.74) is 0.0119. The summed E-state index contributed by atoms with van der Waals surface area (Å²) < 4.78 is 36.2. The predicted molar refractivity (Wildman–Crippen MR) is 61.2 cm³/mol. The number of rotatable bonds is 2. The van der Waals surface area contributed by atoms with E-state index in [4.69, 9.17) is 0 Å². The van der Waals surface area contributed by atoms with Gasteiger partial charge in [0, 0.05) is 27.5 Å². The lowest BCUT2D eigenvalue weighted by Crippen LogP contribution is -1.88. The summed E-state index contributed by atoms with van der Waals surface area (Å²) in [6.07, 6.45) is -0.862. The third-order valence-electron chi connectivity index (χ3n) is 2.42. The van der Waals surface area contributed by atoms with E-state index in [9.17, 15) is 13.0 Å². The fourth-order valence-corrected chi connectivity index (χ4v) is 2.11. The fraction of sp³-hybridized carbons (Fsp3) is 0.167. The predicted octanol–water partition coefficient (Wildman–Crippen LogP) is 3.51. The number of hydrogen-bond acceptors (Lipinski definition) is 1. The van der Waals surface area contributed by atoms with Crippen LogP contribution in [0, 0.1) is 0 Å². The summed E-state index contributed by atoms with van der Waals surface area (Å²) >= 11 is 0. The van der Waals surface area contributed by atoms with Crippen LogP contribution in [0.25, 0.3) is 10.8 Å². The molecule has 0 amide bonds. The van der Waals surface area contributed by atoms with Gasteiger partial charge in [0.1, 0.15) is 0 Å². The number of fused-ring (bicyclic) bond motifs is 1. The summed E-state index contributed by atoms with van der Waals surface area (Å²) in [6.45, 7) is 0. The first-order chi connectivity index (χ1) is 7.58. The molecule has 4 heteroatoms. The molecule has 0 aliphatic carbocycles. The summed E-state index contributed by atoms with van der Waals surface area (Å²) in [4.78, 5) is 0.706. The quantitative estimate of drug-likeness (QED) is 0.785. The average Bonchev–Trinajstić information content (AvgIpc) is 2.27. The Labute approximate surface area is 94.5 Å². The standard InChI is InChI=1S/C12H10F2OS/c1-16(15)11-5-4-8-6-10(12(13)14)3-2-9(8)7-11/h2-7,12H,1H3. The lowest BCUT2D eigenvalue weighted by Gasteiger charge is -2.04. The van der Waals surface area contributed by atoms with Gasteiger partial charge in [-0.1, -0.05) is 18.2 Å². The first kappa shape index (κ1) is 11.2. The largest absolute Gasteiger partial charge is 0.263 e. The van der Waals surface area contributed by atoms with E-state index in [0.29, 0.717) is 4.90 Å². The first-order valence-electron chi connectivity index (χ1n) is 4.73. The highest BCUT2D eigenvalue weighted by Gasteiger charge is 2.07. The van der Waals surface area contributed by atoms with E-state index in [1.807, 2.05) is 0 Å². The molecule has 2 aromatic rings. The van der Waals surface area contributed by atoms with Crippen LogP contribution in [0.4, 0.5) is 8.78 Å². The van der Waals surface area contributed by atoms with Gasteiger partial charge in [0.15, 0.2) is 0 Å². The van der Waals surface area contributed by atoms with E-state index in [0.717, 1.165) is 10.8 Å². The van der Waals surface area contributed by atoms with Crippen molar-refractivity contribution in [3.63, 3.8) is 0 Å². The van der Waals surface area contributed by atoms with Gasteiger partial charge in [-0.15, -0.1) is 0 Å². The molecule has 2 aromatic carbocycles. The topological polar surface area (TPSA) is 17.1 Å². The van der Waals surface area contributed by atoms with E-state index in [2.05, 4.69) is 0 Å². The highest BCUT2D eigenvalue weighted by molar-refractivity contribution is 7.84. The van der Waals surface area contributed by atoms with Gasteiger partial charge in [-0.05, 0) is 29.0 Å². The van der Waals surface area contributed by atoms with Gasteiger partial charge < -0.3 is 0 Å². The van der Waals surface area contributed by atoms with E-state index in [1.54, 1.807) is 30.5 Å². The second-order valence-electron chi connectivity index (χ2n) is 3.52. The Morgan fingerprint density at radius 1 is 1.06 bits per heavy atom. The van der Waals surface area contributed by atoms with Crippen molar-refractivity contribution in [2.24, 2.45) is 0 Å². The van der Waals surface area contributed by atoms with Gasteiger partial charge in [0.25, 0.3) is 6.43 Å². The van der Waals surface area contributed by atoms with Crippen molar-refractivity contribution < 1.29 is 13.0 Å². The summed E-state index contributed by atoms with van der Waals surface area (Å²) in [7, 11) is -1.05. The van der Waals surface area contributed by atoms with Crippen molar-refractivity contribution in [3.8, 4) is 0 Å². The van der Waals surface area contributed by atoms with Gasteiger partial charge in [-0.25, -0.2) is 8.78 Å². The number of alkyl halides is 2. The molecular formula is C12H10F2OS. The van der Waals surface area contributed by atoms with Crippen molar-refractivity contribution in [2.75, 3.05) is 6.26 Å². The highest BCUT2D eigenvalue weighted by atomic mass is 32.2. The average molecular weight is 240 g/mol. The fourth-order valence-electron chi connectivity index (χ4n) is 1.56.